The van der Waals surface area contributed by atoms with Crippen molar-refractivity contribution in [3.05, 3.63) is 29.8 Å². The molecule has 0 saturated carbocycles. The maximum absolute atomic E-state index is 12.8. The van der Waals surface area contributed by atoms with E-state index in [2.05, 4.69) is 24.5 Å². The lowest BCUT2D eigenvalue weighted by atomic mass is 10.0. The van der Waals surface area contributed by atoms with E-state index in [0.29, 0.717) is 30.0 Å². The highest BCUT2D eigenvalue weighted by Gasteiger charge is 2.22. The summed E-state index contributed by atoms with van der Waals surface area (Å²) in [6.07, 6.45) is 31.4. The predicted molar refractivity (Wildman–Crippen MR) is 254 cm³/mol. The molecule has 360 valence electrons. The molecule has 0 saturated heterocycles. The van der Waals surface area contributed by atoms with Gasteiger partial charge in [-0.1, -0.05) is 168 Å². The number of carbonyl (C=O) groups excluding carboxylic acids is 4. The van der Waals surface area contributed by atoms with Crippen LogP contribution >= 0.6 is 11.8 Å². The number of esters is 2. The fourth-order valence-corrected chi connectivity index (χ4v) is 8.19. The van der Waals surface area contributed by atoms with Gasteiger partial charge in [0.25, 0.3) is 5.91 Å². The predicted octanol–water partition coefficient (Wildman–Crippen LogP) is 12.2. The van der Waals surface area contributed by atoms with E-state index >= 15 is 0 Å². The number of anilines is 1. The fourth-order valence-electron chi connectivity index (χ4n) is 7.27. The summed E-state index contributed by atoms with van der Waals surface area (Å²) < 4.78 is 11.4. The Morgan fingerprint density at radius 2 is 1.02 bits per heavy atom. The second kappa shape index (κ2) is 39.9. The van der Waals surface area contributed by atoms with Crippen molar-refractivity contribution in [1.29, 1.82) is 0 Å². The molecule has 0 radical (unpaired) electrons. The second-order valence-corrected chi connectivity index (χ2v) is 18.2. The molecule has 63 heavy (non-hydrogen) atoms. The molecular weight excluding hydrogens is 821 g/mol. The Hall–Kier alpha value is -3.61. The number of hydrogen-bond donors (Lipinski definition) is 4. The number of thioether (sulfide) groups is 1. The van der Waals surface area contributed by atoms with Gasteiger partial charge in [0.1, 0.15) is 18.8 Å². The average molecular weight is 905 g/mol. The standard InChI is InChI=1S/C50H84N2O10S/c1-3-5-7-9-11-13-15-17-19-21-23-25-27-29-47(56)61-39-43(62-48(57)30-28-26-24-22-20-18-16-14-12-10-8-6-4-2)40-63-38-37-45(53)51-42-33-31-41(32-34-42)49(58)52-44(50(59)60)35-36-46(54)55/h31-34,43-44H,3-30,35-40H2,1-2H3,(H,51,53)(H,52,58)(H,54,55)(H,59,60)/t43-,44?/m1/s1. The number of hydrogen-bond acceptors (Lipinski definition) is 9. The third kappa shape index (κ3) is 34.5. The van der Waals surface area contributed by atoms with E-state index < -0.39 is 36.4 Å². The van der Waals surface area contributed by atoms with Gasteiger partial charge >= 0.3 is 23.9 Å². The lowest BCUT2D eigenvalue weighted by Gasteiger charge is -2.18. The van der Waals surface area contributed by atoms with E-state index in [9.17, 15) is 33.9 Å². The number of aliphatic carboxylic acids is 2. The number of nitrogens with one attached hydrogen (secondary N) is 2. The van der Waals surface area contributed by atoms with E-state index in [0.717, 1.165) is 38.5 Å². The minimum absolute atomic E-state index is 0.0203. The number of benzene rings is 1. The minimum Gasteiger partial charge on any atom is -0.481 e. The molecular formula is C50H84N2O10S. The number of ether oxygens (including phenoxy) is 2. The molecule has 0 aliphatic rings. The number of unbranched alkanes of at least 4 members (excludes halogenated alkanes) is 24. The molecule has 0 aliphatic heterocycles. The Kier molecular flexibility index (Phi) is 36.4. The fraction of sp³-hybridized carbons (Fsp3) is 0.760. The van der Waals surface area contributed by atoms with Crippen LogP contribution in [0.25, 0.3) is 0 Å². The van der Waals surface area contributed by atoms with Gasteiger partial charge in [-0.3, -0.25) is 24.0 Å². The van der Waals surface area contributed by atoms with Crippen LogP contribution in [0.3, 0.4) is 0 Å². The Morgan fingerprint density at radius 3 is 1.46 bits per heavy atom. The first-order chi connectivity index (χ1) is 30.5. The quantitative estimate of drug-likeness (QED) is 0.0361. The third-order valence-corrected chi connectivity index (χ3v) is 12.3. The summed E-state index contributed by atoms with van der Waals surface area (Å²) in [6.45, 7) is 4.47. The van der Waals surface area contributed by atoms with Crippen LogP contribution in [0.2, 0.25) is 0 Å². The van der Waals surface area contributed by atoms with Crippen molar-refractivity contribution in [2.24, 2.45) is 0 Å². The van der Waals surface area contributed by atoms with Gasteiger partial charge in [-0.25, -0.2) is 4.79 Å². The van der Waals surface area contributed by atoms with E-state index in [1.807, 2.05) is 0 Å². The van der Waals surface area contributed by atoms with Crippen molar-refractivity contribution < 1.29 is 48.5 Å². The van der Waals surface area contributed by atoms with Gasteiger partial charge in [0.05, 0.1) is 0 Å². The average Bonchev–Trinajstić information content (AvgIpc) is 3.26. The Morgan fingerprint density at radius 1 is 0.571 bits per heavy atom. The van der Waals surface area contributed by atoms with Crippen LogP contribution in [-0.2, 0) is 33.4 Å². The van der Waals surface area contributed by atoms with Crippen molar-refractivity contribution in [1.82, 2.24) is 5.32 Å². The first-order valence-electron chi connectivity index (χ1n) is 24.6. The highest BCUT2D eigenvalue weighted by atomic mass is 32.2. The van der Waals surface area contributed by atoms with Gasteiger partial charge in [0.2, 0.25) is 5.91 Å². The molecule has 0 spiro atoms. The maximum Gasteiger partial charge on any atom is 0.326 e. The molecule has 0 aromatic heterocycles. The summed E-state index contributed by atoms with van der Waals surface area (Å²) in [5.74, 6) is -3.22. The van der Waals surface area contributed by atoms with Crippen LogP contribution in [0.1, 0.15) is 223 Å². The summed E-state index contributed by atoms with van der Waals surface area (Å²) in [5, 5.41) is 23.3. The normalized spacial score (nSPS) is 12.0. The monoisotopic (exact) mass is 905 g/mol. The van der Waals surface area contributed by atoms with Crippen LogP contribution in [0.15, 0.2) is 24.3 Å². The third-order valence-electron chi connectivity index (χ3n) is 11.2. The number of rotatable bonds is 43. The van der Waals surface area contributed by atoms with E-state index in [1.54, 1.807) is 0 Å². The summed E-state index contributed by atoms with van der Waals surface area (Å²) >= 11 is 1.43. The Balaban J connectivity index is 2.48. The number of amides is 2. The van der Waals surface area contributed by atoms with Crippen molar-refractivity contribution in [2.45, 2.75) is 225 Å². The molecule has 1 unspecified atom stereocenters. The summed E-state index contributed by atoms with van der Waals surface area (Å²) in [7, 11) is 0. The van der Waals surface area contributed by atoms with Crippen molar-refractivity contribution >= 4 is 53.1 Å². The minimum atomic E-state index is -1.35. The smallest absolute Gasteiger partial charge is 0.326 e. The summed E-state index contributed by atoms with van der Waals surface area (Å²) in [5.41, 5.74) is 0.599. The zero-order chi connectivity index (χ0) is 46.2. The summed E-state index contributed by atoms with van der Waals surface area (Å²) in [6, 6.07) is 4.57. The zero-order valence-corrected chi connectivity index (χ0v) is 39.9. The zero-order valence-electron chi connectivity index (χ0n) is 39.1. The molecule has 0 fully saturated rings. The number of carboxylic acids is 2. The first-order valence-corrected chi connectivity index (χ1v) is 25.8. The molecule has 13 heteroatoms. The maximum atomic E-state index is 12.8. The molecule has 2 amide bonds. The van der Waals surface area contributed by atoms with Gasteiger partial charge in [-0.15, -0.1) is 0 Å². The van der Waals surface area contributed by atoms with Crippen LogP contribution < -0.4 is 10.6 Å². The van der Waals surface area contributed by atoms with E-state index in [-0.39, 0.29) is 42.9 Å². The molecule has 12 nitrogen and oxygen atoms in total. The van der Waals surface area contributed by atoms with E-state index in [1.165, 1.54) is 164 Å². The molecule has 0 aliphatic carbocycles. The van der Waals surface area contributed by atoms with Crippen LogP contribution in [0.5, 0.6) is 0 Å². The van der Waals surface area contributed by atoms with Gasteiger partial charge in [0, 0.05) is 48.4 Å². The molecule has 1 aromatic rings. The van der Waals surface area contributed by atoms with Crippen molar-refractivity contribution in [3.8, 4) is 0 Å². The number of carboxylic acid groups (broad SMARTS) is 2. The van der Waals surface area contributed by atoms with E-state index in [4.69, 9.17) is 14.6 Å². The molecule has 4 N–H and O–H groups in total. The van der Waals surface area contributed by atoms with Crippen molar-refractivity contribution in [2.75, 3.05) is 23.4 Å². The first kappa shape index (κ1) is 57.4. The lowest BCUT2D eigenvalue weighted by molar-refractivity contribution is -0.157. The highest BCUT2D eigenvalue weighted by Crippen LogP contribution is 2.17. The molecule has 1 rings (SSSR count). The highest BCUT2D eigenvalue weighted by molar-refractivity contribution is 7.99. The van der Waals surface area contributed by atoms with Gasteiger partial charge < -0.3 is 30.3 Å². The van der Waals surface area contributed by atoms with Gasteiger partial charge in [-0.05, 0) is 43.5 Å². The summed E-state index contributed by atoms with van der Waals surface area (Å²) in [4.78, 5) is 73.0. The van der Waals surface area contributed by atoms with Crippen LogP contribution in [0, 0.1) is 0 Å². The van der Waals surface area contributed by atoms with Crippen LogP contribution in [-0.4, -0.2) is 76.2 Å². The Bertz CT molecular complexity index is 1380. The Labute approximate surface area is 383 Å². The molecule has 2 atom stereocenters. The second-order valence-electron chi connectivity index (χ2n) is 17.0. The molecule has 0 bridgehead atoms. The largest absolute Gasteiger partial charge is 0.481 e. The van der Waals surface area contributed by atoms with Gasteiger partial charge in [0.15, 0.2) is 0 Å². The topological polar surface area (TPSA) is 185 Å². The molecule has 0 heterocycles. The SMILES string of the molecule is CCCCCCCCCCCCCCCC(=O)OC[C@H](CSCCC(=O)Nc1ccc(C(=O)NC(CCC(=O)O)C(=O)O)cc1)OC(=O)CCCCCCCCCCCCCCC. The van der Waals surface area contributed by atoms with Crippen LogP contribution in [0.4, 0.5) is 5.69 Å². The lowest BCUT2D eigenvalue weighted by Crippen LogP contribution is -2.41. The number of carbonyl (C=O) groups is 6. The molecule has 1 aromatic carbocycles. The van der Waals surface area contributed by atoms with Gasteiger partial charge in [-0.2, -0.15) is 11.8 Å². The van der Waals surface area contributed by atoms with Crippen molar-refractivity contribution in [3.63, 3.8) is 0 Å².